The lowest BCUT2D eigenvalue weighted by Crippen LogP contribution is -1.98. The fraction of sp³-hybridized carbons (Fsp3) is 0.667. The molecule has 0 aromatic heterocycles. The molecule has 0 aromatic rings. The first-order valence-electron chi connectivity index (χ1n) is 1.50. The first-order chi connectivity index (χ1) is 2.64. The maximum atomic E-state index is 5.22. The van der Waals surface area contributed by atoms with Crippen LogP contribution < -0.4 is 0 Å². The van der Waals surface area contributed by atoms with Crippen LogP contribution in [-0.2, 0) is 0 Å². The fourth-order valence-corrected chi connectivity index (χ4v) is 0. The molecule has 0 bridgehead atoms. The van der Waals surface area contributed by atoms with E-state index in [2.05, 4.69) is 0 Å². The van der Waals surface area contributed by atoms with Crippen LogP contribution in [0.5, 0.6) is 0 Å². The first-order valence-corrected chi connectivity index (χ1v) is 2.25. The van der Waals surface area contributed by atoms with Crippen LogP contribution in [0.25, 0.3) is 0 Å². The van der Waals surface area contributed by atoms with E-state index in [9.17, 15) is 0 Å². The number of hydrogen-bond donors (Lipinski definition) is 0. The van der Waals surface area contributed by atoms with Crippen molar-refractivity contribution in [3.8, 4) is 0 Å². The molecule has 0 fully saturated rings. The Morgan fingerprint density at radius 3 is 1.50 bits per heavy atom. The van der Waals surface area contributed by atoms with Gasteiger partial charge in [0.1, 0.15) is 14.1 Å². The Morgan fingerprint density at radius 2 is 1.50 bits per heavy atom. The highest BCUT2D eigenvalue weighted by molar-refractivity contribution is 6.94. The van der Waals surface area contributed by atoms with Crippen molar-refractivity contribution in [3.05, 3.63) is 0 Å². The molecule has 0 aromatic carbocycles. The highest BCUT2D eigenvalue weighted by atomic mass is 35.5. The first kappa shape index (κ1) is 6.25. The van der Waals surface area contributed by atoms with Gasteiger partial charge in [0.05, 0.1) is 0 Å². The van der Waals surface area contributed by atoms with E-state index < -0.39 is 0 Å². The second-order valence-electron chi connectivity index (χ2n) is 1.13. The summed E-state index contributed by atoms with van der Waals surface area (Å²) in [5, 5.41) is 0. The Bertz CT molecular complexity index is 58.9. The van der Waals surface area contributed by atoms with Crippen LogP contribution in [-0.4, -0.2) is 23.3 Å². The molecular weight excluding hydrogens is 121 g/mol. The van der Waals surface area contributed by atoms with Crippen LogP contribution in [0.4, 0.5) is 0 Å². The summed E-state index contributed by atoms with van der Waals surface area (Å²) in [6.07, 6.45) is 0. The van der Waals surface area contributed by atoms with E-state index in [-0.39, 0.29) is 4.63 Å². The molecule has 0 aliphatic rings. The predicted octanol–water partition coefficient (Wildman–Crippen LogP) is 1.09. The van der Waals surface area contributed by atoms with E-state index >= 15 is 0 Å². The highest BCUT2D eigenvalue weighted by Crippen LogP contribution is 1.85. The number of halogens is 2. The van der Waals surface area contributed by atoms with Gasteiger partial charge in [0.15, 0.2) is 0 Å². The third-order valence-corrected chi connectivity index (χ3v) is 1.01. The average molecular weight is 127 g/mol. The second kappa shape index (κ2) is 2.43. The maximum absolute atomic E-state index is 5.22. The number of hydrogen-bond acceptors (Lipinski definition) is 0. The molecule has 0 heterocycles. The minimum absolute atomic E-state index is 0.287. The van der Waals surface area contributed by atoms with Gasteiger partial charge >= 0.3 is 4.63 Å². The summed E-state index contributed by atoms with van der Waals surface area (Å²) in [6.45, 7) is 0. The lowest BCUT2D eigenvalue weighted by atomic mass is 11.1. The zero-order valence-corrected chi connectivity index (χ0v) is 5.22. The van der Waals surface area contributed by atoms with Crippen LogP contribution in [0.3, 0.4) is 0 Å². The third kappa shape index (κ3) is 2.49. The van der Waals surface area contributed by atoms with Crippen LogP contribution in [0, 0.1) is 0 Å². The molecular formula is C3H6Cl2N+. The maximum Gasteiger partial charge on any atom is 0.340 e. The van der Waals surface area contributed by atoms with E-state index in [0.29, 0.717) is 0 Å². The van der Waals surface area contributed by atoms with Gasteiger partial charge in [-0.2, -0.15) is 0 Å². The number of rotatable bonds is 0. The van der Waals surface area contributed by atoms with Gasteiger partial charge in [0.25, 0.3) is 0 Å². The number of nitrogens with zero attached hydrogens (tertiary/aromatic N) is 1. The Kier molecular flexibility index (Phi) is 2.53. The summed E-state index contributed by atoms with van der Waals surface area (Å²) in [5.41, 5.74) is 0. The van der Waals surface area contributed by atoms with Crippen molar-refractivity contribution >= 4 is 27.8 Å². The van der Waals surface area contributed by atoms with Crippen molar-refractivity contribution < 1.29 is 4.58 Å². The molecule has 0 amide bonds. The normalized spacial score (nSPS) is 8.00. The third-order valence-electron chi connectivity index (χ3n) is 0.338. The van der Waals surface area contributed by atoms with Crippen LogP contribution in [0.15, 0.2) is 0 Å². The monoisotopic (exact) mass is 126 g/mol. The zero-order chi connectivity index (χ0) is 5.15. The van der Waals surface area contributed by atoms with Crippen LogP contribution in [0.2, 0.25) is 0 Å². The zero-order valence-electron chi connectivity index (χ0n) is 3.70. The van der Waals surface area contributed by atoms with Gasteiger partial charge in [-0.3, -0.25) is 0 Å². The van der Waals surface area contributed by atoms with Gasteiger partial charge in [0.2, 0.25) is 0 Å². The smallest absolute Gasteiger partial charge is 0.215 e. The molecule has 36 valence electrons. The van der Waals surface area contributed by atoms with E-state index in [1.807, 2.05) is 0 Å². The summed E-state index contributed by atoms with van der Waals surface area (Å²) in [6, 6.07) is 0. The van der Waals surface area contributed by atoms with Gasteiger partial charge in [-0.15, -0.1) is 0 Å². The summed E-state index contributed by atoms with van der Waals surface area (Å²) < 4.78 is 1.90. The lowest BCUT2D eigenvalue weighted by molar-refractivity contribution is -0.459. The van der Waals surface area contributed by atoms with Gasteiger partial charge in [-0.25, -0.2) is 4.58 Å². The molecule has 0 unspecified atom stereocenters. The van der Waals surface area contributed by atoms with Gasteiger partial charge in [0, 0.05) is 23.2 Å². The molecule has 0 aliphatic carbocycles. The Morgan fingerprint density at radius 1 is 1.33 bits per heavy atom. The standard InChI is InChI=1S/C3H6Cl2N/c1-6(2)3(4)5/h1-2H3/q+1. The molecule has 1 nitrogen and oxygen atoms in total. The Labute approximate surface area is 47.2 Å². The summed E-state index contributed by atoms with van der Waals surface area (Å²) in [5.74, 6) is 0. The van der Waals surface area contributed by atoms with Crippen LogP contribution >= 0.6 is 23.2 Å². The van der Waals surface area contributed by atoms with E-state index in [1.165, 1.54) is 0 Å². The molecule has 0 rings (SSSR count). The SMILES string of the molecule is C[N+](C)=C(Cl)Cl. The fourth-order valence-electron chi connectivity index (χ4n) is 0. The molecule has 3 heteroatoms. The van der Waals surface area contributed by atoms with Gasteiger partial charge < -0.3 is 0 Å². The summed E-state index contributed by atoms with van der Waals surface area (Å²) >= 11 is 10.4. The predicted molar refractivity (Wildman–Crippen MR) is 28.8 cm³/mol. The van der Waals surface area contributed by atoms with E-state index in [1.54, 1.807) is 18.7 Å². The van der Waals surface area contributed by atoms with E-state index in [4.69, 9.17) is 23.2 Å². The molecule has 0 spiro atoms. The quantitative estimate of drug-likeness (QED) is 0.338. The minimum Gasteiger partial charge on any atom is -0.215 e. The molecule has 0 aliphatic heterocycles. The van der Waals surface area contributed by atoms with Crippen molar-refractivity contribution in [2.45, 2.75) is 0 Å². The second-order valence-corrected chi connectivity index (χ2v) is 2.04. The van der Waals surface area contributed by atoms with Crippen molar-refractivity contribution in [1.29, 1.82) is 0 Å². The van der Waals surface area contributed by atoms with Crippen molar-refractivity contribution in [2.24, 2.45) is 0 Å². The molecule has 0 saturated heterocycles. The lowest BCUT2D eigenvalue weighted by Gasteiger charge is -1.77. The highest BCUT2D eigenvalue weighted by Gasteiger charge is 1.90. The molecule has 6 heavy (non-hydrogen) atoms. The van der Waals surface area contributed by atoms with Crippen molar-refractivity contribution in [1.82, 2.24) is 0 Å². The molecule has 0 saturated carbocycles. The Balaban J connectivity index is 3.68. The summed E-state index contributed by atoms with van der Waals surface area (Å²) in [7, 11) is 3.55. The topological polar surface area (TPSA) is 3.01 Å². The minimum atomic E-state index is 0.287. The van der Waals surface area contributed by atoms with Crippen LogP contribution in [0.1, 0.15) is 0 Å². The largest absolute Gasteiger partial charge is 0.340 e. The summed E-state index contributed by atoms with van der Waals surface area (Å²) in [4.78, 5) is 0. The molecule has 0 radical (unpaired) electrons. The van der Waals surface area contributed by atoms with Crippen molar-refractivity contribution in [3.63, 3.8) is 0 Å². The Hall–Kier alpha value is 0.250. The van der Waals surface area contributed by atoms with Crippen molar-refractivity contribution in [2.75, 3.05) is 14.1 Å². The van der Waals surface area contributed by atoms with Gasteiger partial charge in [-0.1, -0.05) is 0 Å². The molecule has 0 N–H and O–H groups in total. The molecule has 0 atom stereocenters. The van der Waals surface area contributed by atoms with E-state index in [0.717, 1.165) is 0 Å². The average Bonchev–Trinajstić information content (AvgIpc) is 1.36. The van der Waals surface area contributed by atoms with Gasteiger partial charge in [-0.05, 0) is 0 Å².